The smallest absolute Gasteiger partial charge is 0.186 e. The fraction of sp³-hybridized carbons (Fsp3) is 0.375. The zero-order valence-corrected chi connectivity index (χ0v) is 7.23. The molecule has 0 aliphatic carbocycles. The van der Waals surface area contributed by atoms with Gasteiger partial charge in [-0.15, -0.1) is 0 Å². The number of oxime groups is 1. The quantitative estimate of drug-likeness (QED) is 0.300. The Morgan fingerprint density at radius 3 is 2.83 bits per heavy atom. The van der Waals surface area contributed by atoms with Crippen molar-refractivity contribution in [2.75, 3.05) is 0 Å². The van der Waals surface area contributed by atoms with Gasteiger partial charge in [0, 0.05) is 12.2 Å². The van der Waals surface area contributed by atoms with Crippen LogP contribution in [0.1, 0.15) is 25.6 Å². The SMILES string of the molecule is CC(C)n1cccc1/C(N)=N/O. The van der Waals surface area contributed by atoms with Gasteiger partial charge in [-0.25, -0.2) is 0 Å². The van der Waals surface area contributed by atoms with Crippen LogP contribution in [0.5, 0.6) is 0 Å². The van der Waals surface area contributed by atoms with Crippen LogP contribution in [-0.2, 0) is 0 Å². The second kappa shape index (κ2) is 3.30. The number of aromatic nitrogens is 1. The highest BCUT2D eigenvalue weighted by Gasteiger charge is 2.07. The Morgan fingerprint density at radius 2 is 2.33 bits per heavy atom. The summed E-state index contributed by atoms with van der Waals surface area (Å²) in [6, 6.07) is 4.00. The molecular weight excluding hydrogens is 154 g/mol. The molecule has 0 saturated carbocycles. The molecule has 4 heteroatoms. The van der Waals surface area contributed by atoms with Gasteiger partial charge in [-0.1, -0.05) is 5.16 Å². The van der Waals surface area contributed by atoms with Gasteiger partial charge in [0.2, 0.25) is 0 Å². The van der Waals surface area contributed by atoms with Crippen molar-refractivity contribution in [1.82, 2.24) is 4.57 Å². The van der Waals surface area contributed by atoms with Gasteiger partial charge in [0.25, 0.3) is 0 Å². The first-order valence-corrected chi connectivity index (χ1v) is 3.81. The second-order valence-electron chi connectivity index (χ2n) is 2.88. The molecule has 12 heavy (non-hydrogen) atoms. The van der Waals surface area contributed by atoms with E-state index in [1.54, 1.807) is 0 Å². The molecule has 0 saturated heterocycles. The van der Waals surface area contributed by atoms with Gasteiger partial charge in [0.15, 0.2) is 5.84 Å². The van der Waals surface area contributed by atoms with Crippen molar-refractivity contribution in [3.05, 3.63) is 24.0 Å². The predicted molar refractivity (Wildman–Crippen MR) is 47.3 cm³/mol. The van der Waals surface area contributed by atoms with E-state index in [4.69, 9.17) is 10.9 Å². The zero-order valence-electron chi connectivity index (χ0n) is 7.23. The number of hydrogen-bond acceptors (Lipinski definition) is 2. The van der Waals surface area contributed by atoms with Crippen LogP contribution in [0.3, 0.4) is 0 Å². The summed E-state index contributed by atoms with van der Waals surface area (Å²) >= 11 is 0. The van der Waals surface area contributed by atoms with Crippen LogP contribution >= 0.6 is 0 Å². The lowest BCUT2D eigenvalue weighted by Gasteiger charge is -2.11. The Hall–Kier alpha value is -1.45. The highest BCUT2D eigenvalue weighted by Crippen LogP contribution is 2.09. The Labute approximate surface area is 71.3 Å². The molecule has 1 aromatic rings. The molecule has 1 aromatic heterocycles. The van der Waals surface area contributed by atoms with E-state index < -0.39 is 0 Å². The van der Waals surface area contributed by atoms with Crippen LogP contribution in [-0.4, -0.2) is 15.6 Å². The molecule has 66 valence electrons. The number of hydrogen-bond donors (Lipinski definition) is 2. The van der Waals surface area contributed by atoms with Gasteiger partial charge in [-0.05, 0) is 26.0 Å². The van der Waals surface area contributed by atoms with Crippen molar-refractivity contribution in [2.24, 2.45) is 10.9 Å². The second-order valence-corrected chi connectivity index (χ2v) is 2.88. The van der Waals surface area contributed by atoms with Crippen LogP contribution in [0.4, 0.5) is 0 Å². The first-order valence-electron chi connectivity index (χ1n) is 3.81. The minimum absolute atomic E-state index is 0.147. The molecule has 0 spiro atoms. The fourth-order valence-electron chi connectivity index (χ4n) is 1.11. The Kier molecular flexibility index (Phi) is 2.38. The third-order valence-electron chi connectivity index (χ3n) is 1.71. The van der Waals surface area contributed by atoms with E-state index in [1.165, 1.54) is 0 Å². The average Bonchev–Trinajstić information content (AvgIpc) is 2.50. The predicted octanol–water partition coefficient (Wildman–Crippen LogP) is 1.16. The summed E-state index contributed by atoms with van der Waals surface area (Å²) in [5.41, 5.74) is 6.20. The van der Waals surface area contributed by atoms with E-state index in [1.807, 2.05) is 36.7 Å². The van der Waals surface area contributed by atoms with E-state index in [0.29, 0.717) is 6.04 Å². The summed E-state index contributed by atoms with van der Waals surface area (Å²) in [6.45, 7) is 4.07. The van der Waals surface area contributed by atoms with Crippen molar-refractivity contribution in [3.63, 3.8) is 0 Å². The van der Waals surface area contributed by atoms with Crippen molar-refractivity contribution < 1.29 is 5.21 Å². The molecule has 0 atom stereocenters. The Morgan fingerprint density at radius 1 is 1.67 bits per heavy atom. The number of nitrogens with two attached hydrogens (primary N) is 1. The maximum Gasteiger partial charge on any atom is 0.186 e. The lowest BCUT2D eigenvalue weighted by molar-refractivity contribution is 0.318. The van der Waals surface area contributed by atoms with Crippen molar-refractivity contribution in [3.8, 4) is 0 Å². The summed E-state index contributed by atoms with van der Waals surface area (Å²) in [5, 5.41) is 11.4. The van der Waals surface area contributed by atoms with Crippen LogP contribution in [0.15, 0.2) is 23.5 Å². The third kappa shape index (κ3) is 1.42. The highest BCUT2D eigenvalue weighted by molar-refractivity contribution is 5.95. The van der Waals surface area contributed by atoms with E-state index >= 15 is 0 Å². The fourth-order valence-corrected chi connectivity index (χ4v) is 1.11. The number of amidine groups is 1. The van der Waals surface area contributed by atoms with Crippen LogP contribution < -0.4 is 5.73 Å². The first kappa shape index (κ1) is 8.64. The molecule has 0 radical (unpaired) electrons. The molecule has 0 aromatic carbocycles. The van der Waals surface area contributed by atoms with E-state index in [-0.39, 0.29) is 5.84 Å². The minimum atomic E-state index is 0.147. The molecule has 0 bridgehead atoms. The number of rotatable bonds is 2. The summed E-state index contributed by atoms with van der Waals surface area (Å²) < 4.78 is 1.94. The van der Waals surface area contributed by atoms with Crippen LogP contribution in [0.25, 0.3) is 0 Å². The molecule has 0 aliphatic heterocycles. The van der Waals surface area contributed by atoms with Crippen LogP contribution in [0, 0.1) is 0 Å². The Bertz CT molecular complexity index is 288. The molecule has 4 nitrogen and oxygen atoms in total. The maximum absolute atomic E-state index is 8.46. The first-order chi connectivity index (χ1) is 5.66. The molecule has 3 N–H and O–H groups in total. The maximum atomic E-state index is 8.46. The third-order valence-corrected chi connectivity index (χ3v) is 1.71. The Balaban J connectivity index is 3.07. The number of nitrogens with zero attached hydrogens (tertiary/aromatic N) is 2. The lowest BCUT2D eigenvalue weighted by Crippen LogP contribution is -2.18. The molecule has 0 fully saturated rings. The topological polar surface area (TPSA) is 63.5 Å². The highest BCUT2D eigenvalue weighted by atomic mass is 16.4. The van der Waals surface area contributed by atoms with Crippen molar-refractivity contribution >= 4 is 5.84 Å². The van der Waals surface area contributed by atoms with Gasteiger partial charge in [-0.3, -0.25) is 0 Å². The summed E-state index contributed by atoms with van der Waals surface area (Å²) in [5.74, 6) is 0.147. The lowest BCUT2D eigenvalue weighted by atomic mass is 10.3. The summed E-state index contributed by atoms with van der Waals surface area (Å²) in [6.07, 6.45) is 1.90. The van der Waals surface area contributed by atoms with Crippen LogP contribution in [0.2, 0.25) is 0 Å². The largest absolute Gasteiger partial charge is 0.409 e. The molecule has 0 aliphatic rings. The van der Waals surface area contributed by atoms with E-state index in [9.17, 15) is 0 Å². The molecule has 0 amide bonds. The van der Waals surface area contributed by atoms with Gasteiger partial charge in [-0.2, -0.15) is 0 Å². The molecular formula is C8H13N3O. The standard InChI is InChI=1S/C8H13N3O/c1-6(2)11-5-3-4-7(11)8(9)10-12/h3-6,12H,1-2H3,(H2,9,10). The summed E-state index contributed by atoms with van der Waals surface area (Å²) in [7, 11) is 0. The van der Waals surface area contributed by atoms with Crippen molar-refractivity contribution in [2.45, 2.75) is 19.9 Å². The molecule has 1 heterocycles. The van der Waals surface area contributed by atoms with E-state index in [2.05, 4.69) is 5.16 Å². The van der Waals surface area contributed by atoms with Gasteiger partial charge in [0.1, 0.15) is 0 Å². The minimum Gasteiger partial charge on any atom is -0.409 e. The zero-order chi connectivity index (χ0) is 9.14. The monoisotopic (exact) mass is 167 g/mol. The van der Waals surface area contributed by atoms with Gasteiger partial charge < -0.3 is 15.5 Å². The summed E-state index contributed by atoms with van der Waals surface area (Å²) in [4.78, 5) is 0. The van der Waals surface area contributed by atoms with Gasteiger partial charge >= 0.3 is 0 Å². The van der Waals surface area contributed by atoms with Gasteiger partial charge in [0.05, 0.1) is 5.69 Å². The van der Waals surface area contributed by atoms with E-state index in [0.717, 1.165) is 5.69 Å². The molecule has 1 rings (SSSR count). The average molecular weight is 167 g/mol. The normalized spacial score (nSPS) is 12.4. The van der Waals surface area contributed by atoms with Crippen molar-refractivity contribution in [1.29, 1.82) is 0 Å². The molecule has 0 unspecified atom stereocenters.